The number of nitrogens with one attached hydrogen (secondary N) is 2. The molecule has 0 aliphatic heterocycles. The van der Waals surface area contributed by atoms with Crippen molar-refractivity contribution in [3.63, 3.8) is 0 Å². The zero-order valence-corrected chi connectivity index (χ0v) is 14.1. The largest absolute Gasteiger partial charge is 0.332 e. The molecule has 124 valence electrons. The summed E-state index contributed by atoms with van der Waals surface area (Å²) in [4.78, 5) is 16.7. The first kappa shape index (κ1) is 15.1. The van der Waals surface area contributed by atoms with Gasteiger partial charge in [0, 0.05) is 17.5 Å². The first-order valence-corrected chi connectivity index (χ1v) is 8.87. The van der Waals surface area contributed by atoms with Crippen LogP contribution in [0.1, 0.15) is 48.3 Å². The van der Waals surface area contributed by atoms with Gasteiger partial charge in [0.05, 0.1) is 23.3 Å². The number of hydrogen-bond acceptors (Lipinski definition) is 5. The van der Waals surface area contributed by atoms with Crippen molar-refractivity contribution < 1.29 is 4.79 Å². The Morgan fingerprint density at radius 1 is 1.42 bits per heavy atom. The molecular formula is C16H18N6OS. The molecule has 1 aliphatic carbocycles. The van der Waals surface area contributed by atoms with E-state index >= 15 is 0 Å². The van der Waals surface area contributed by atoms with Gasteiger partial charge in [-0.3, -0.25) is 4.40 Å². The summed E-state index contributed by atoms with van der Waals surface area (Å²) in [6, 6.07) is 5.20. The minimum absolute atomic E-state index is 0.240. The van der Waals surface area contributed by atoms with Crippen LogP contribution < -0.4 is 10.6 Å². The maximum absolute atomic E-state index is 12.1. The molecule has 1 saturated carbocycles. The highest BCUT2D eigenvalue weighted by Gasteiger charge is 2.26. The Kier molecular flexibility index (Phi) is 3.89. The molecule has 0 bridgehead atoms. The van der Waals surface area contributed by atoms with Gasteiger partial charge < -0.3 is 10.6 Å². The van der Waals surface area contributed by atoms with Gasteiger partial charge in [-0.05, 0) is 31.9 Å². The third kappa shape index (κ3) is 3.09. The summed E-state index contributed by atoms with van der Waals surface area (Å²) in [6.07, 6.45) is 4.37. The number of urea groups is 1. The van der Waals surface area contributed by atoms with E-state index in [0.29, 0.717) is 18.3 Å². The fourth-order valence-corrected chi connectivity index (χ4v) is 3.55. The van der Waals surface area contributed by atoms with Crippen LogP contribution in [0.5, 0.6) is 0 Å². The minimum atomic E-state index is -0.250. The van der Waals surface area contributed by atoms with Crippen molar-refractivity contribution in [3.8, 4) is 0 Å². The quantitative estimate of drug-likeness (QED) is 0.746. The molecular weight excluding hydrogens is 324 g/mol. The highest BCUT2D eigenvalue weighted by Crippen LogP contribution is 2.41. The molecule has 8 heteroatoms. The Hall–Kier alpha value is -2.48. The number of rotatable bonds is 5. The molecule has 0 spiro atoms. The van der Waals surface area contributed by atoms with E-state index in [1.165, 1.54) is 17.8 Å². The van der Waals surface area contributed by atoms with Crippen LogP contribution >= 0.6 is 11.3 Å². The van der Waals surface area contributed by atoms with Crippen molar-refractivity contribution in [3.05, 3.63) is 46.3 Å². The van der Waals surface area contributed by atoms with Gasteiger partial charge in [0.25, 0.3) is 0 Å². The number of nitrogens with zero attached hydrogens (tertiary/aromatic N) is 4. The minimum Gasteiger partial charge on any atom is -0.332 e. The number of amides is 2. The summed E-state index contributed by atoms with van der Waals surface area (Å²) in [5.41, 5.74) is 1.68. The van der Waals surface area contributed by atoms with E-state index in [0.717, 1.165) is 11.3 Å². The second-order valence-electron chi connectivity index (χ2n) is 5.99. The molecule has 0 unspecified atom stereocenters. The van der Waals surface area contributed by atoms with Crippen molar-refractivity contribution >= 4 is 23.0 Å². The lowest BCUT2D eigenvalue weighted by molar-refractivity contribution is 0.237. The zero-order valence-electron chi connectivity index (χ0n) is 13.3. The van der Waals surface area contributed by atoms with E-state index in [1.807, 2.05) is 41.1 Å². The summed E-state index contributed by atoms with van der Waals surface area (Å²) in [6.45, 7) is 2.32. The van der Waals surface area contributed by atoms with Gasteiger partial charge in [-0.25, -0.2) is 9.78 Å². The third-order valence-corrected chi connectivity index (χ3v) is 5.06. The van der Waals surface area contributed by atoms with Gasteiger partial charge in [-0.2, -0.15) is 0 Å². The zero-order chi connectivity index (χ0) is 16.5. The first-order valence-electron chi connectivity index (χ1n) is 7.99. The van der Waals surface area contributed by atoms with Crippen molar-refractivity contribution in [1.82, 2.24) is 30.2 Å². The number of hydrogen-bond donors (Lipinski definition) is 2. The maximum atomic E-state index is 12.1. The predicted octanol–water partition coefficient (Wildman–Crippen LogP) is 2.62. The Morgan fingerprint density at radius 2 is 2.29 bits per heavy atom. The van der Waals surface area contributed by atoms with Crippen LogP contribution in [-0.2, 0) is 6.54 Å². The standard InChI is InChI=1S/C16H18N6OS/c1-10(14-21-20-13-4-2-3-7-22(13)14)18-16(23)17-8-12-9-24-15(19-12)11-5-6-11/h2-4,7,9-11H,5-6,8H2,1H3,(H2,17,18,23)/t10-/m0/s1. The monoisotopic (exact) mass is 342 g/mol. The Balaban J connectivity index is 1.34. The van der Waals surface area contributed by atoms with E-state index in [4.69, 9.17) is 0 Å². The molecule has 3 aromatic rings. The van der Waals surface area contributed by atoms with Gasteiger partial charge in [0.2, 0.25) is 0 Å². The molecule has 1 atom stereocenters. The Bertz CT molecular complexity index is 868. The summed E-state index contributed by atoms with van der Waals surface area (Å²) in [5.74, 6) is 1.35. The van der Waals surface area contributed by atoms with Crippen LogP contribution in [0.2, 0.25) is 0 Å². The van der Waals surface area contributed by atoms with Crippen LogP contribution in [-0.4, -0.2) is 25.6 Å². The van der Waals surface area contributed by atoms with E-state index < -0.39 is 0 Å². The first-order chi connectivity index (χ1) is 11.7. The lowest BCUT2D eigenvalue weighted by atomic mass is 10.3. The van der Waals surface area contributed by atoms with E-state index in [1.54, 1.807) is 11.3 Å². The number of carbonyl (C=O) groups is 1. The Labute approximate surface area is 143 Å². The van der Waals surface area contributed by atoms with Crippen LogP contribution in [0.4, 0.5) is 4.79 Å². The van der Waals surface area contributed by atoms with Crippen LogP contribution in [0.15, 0.2) is 29.8 Å². The molecule has 7 nitrogen and oxygen atoms in total. The van der Waals surface area contributed by atoms with Gasteiger partial charge in [-0.1, -0.05) is 6.07 Å². The number of thiazole rings is 1. The Morgan fingerprint density at radius 3 is 3.12 bits per heavy atom. The van der Waals surface area contributed by atoms with Gasteiger partial charge in [0.1, 0.15) is 0 Å². The molecule has 0 aromatic carbocycles. The molecule has 4 rings (SSSR count). The molecule has 24 heavy (non-hydrogen) atoms. The predicted molar refractivity (Wildman–Crippen MR) is 90.9 cm³/mol. The average Bonchev–Trinajstić information content (AvgIpc) is 3.17. The molecule has 0 radical (unpaired) electrons. The van der Waals surface area contributed by atoms with Crippen molar-refractivity contribution in [1.29, 1.82) is 0 Å². The fourth-order valence-electron chi connectivity index (χ4n) is 2.56. The molecule has 3 aromatic heterocycles. The van der Waals surface area contributed by atoms with Crippen molar-refractivity contribution in [2.24, 2.45) is 0 Å². The topological polar surface area (TPSA) is 84.2 Å². The summed E-state index contributed by atoms with van der Waals surface area (Å²) in [5, 5.41) is 17.2. The maximum Gasteiger partial charge on any atom is 0.315 e. The molecule has 2 amide bonds. The number of aromatic nitrogens is 4. The van der Waals surface area contributed by atoms with E-state index in [-0.39, 0.29) is 12.1 Å². The molecule has 1 aliphatic rings. The smallest absolute Gasteiger partial charge is 0.315 e. The van der Waals surface area contributed by atoms with Crippen molar-refractivity contribution in [2.45, 2.75) is 38.3 Å². The fraction of sp³-hybridized carbons (Fsp3) is 0.375. The van der Waals surface area contributed by atoms with Gasteiger partial charge in [-0.15, -0.1) is 21.5 Å². The second-order valence-corrected chi connectivity index (χ2v) is 6.88. The molecule has 3 heterocycles. The van der Waals surface area contributed by atoms with Gasteiger partial charge in [0.15, 0.2) is 11.5 Å². The number of pyridine rings is 1. The lowest BCUT2D eigenvalue weighted by Crippen LogP contribution is -2.37. The summed E-state index contributed by atoms with van der Waals surface area (Å²) < 4.78 is 1.87. The van der Waals surface area contributed by atoms with Crippen LogP contribution in [0.25, 0.3) is 5.65 Å². The average molecular weight is 342 g/mol. The number of fused-ring (bicyclic) bond motifs is 1. The summed E-state index contributed by atoms with van der Waals surface area (Å²) >= 11 is 1.68. The third-order valence-electron chi connectivity index (χ3n) is 4.00. The molecule has 2 N–H and O–H groups in total. The van der Waals surface area contributed by atoms with Crippen LogP contribution in [0.3, 0.4) is 0 Å². The van der Waals surface area contributed by atoms with E-state index in [9.17, 15) is 4.79 Å². The molecule has 1 fully saturated rings. The highest BCUT2D eigenvalue weighted by molar-refractivity contribution is 7.09. The lowest BCUT2D eigenvalue weighted by Gasteiger charge is -2.12. The SMILES string of the molecule is C[C@H](NC(=O)NCc1csc(C2CC2)n1)c1nnc2ccccn12. The van der Waals surface area contributed by atoms with Crippen molar-refractivity contribution in [2.75, 3.05) is 0 Å². The second kappa shape index (κ2) is 6.20. The normalized spacial score (nSPS) is 15.4. The van der Waals surface area contributed by atoms with Gasteiger partial charge >= 0.3 is 6.03 Å². The van der Waals surface area contributed by atoms with E-state index in [2.05, 4.69) is 25.8 Å². The summed E-state index contributed by atoms with van der Waals surface area (Å²) in [7, 11) is 0. The highest BCUT2D eigenvalue weighted by atomic mass is 32.1. The molecule has 0 saturated heterocycles. The van der Waals surface area contributed by atoms with Crippen LogP contribution in [0, 0.1) is 0 Å². The number of carbonyl (C=O) groups excluding carboxylic acids is 1.